The minimum absolute atomic E-state index is 0.554. The summed E-state index contributed by atoms with van der Waals surface area (Å²) in [5.41, 5.74) is 3.72. The maximum absolute atomic E-state index is 5.95. The summed E-state index contributed by atoms with van der Waals surface area (Å²) in [6.07, 6.45) is 0. The van der Waals surface area contributed by atoms with Gasteiger partial charge in [-0.3, -0.25) is 0 Å². The third-order valence-corrected chi connectivity index (χ3v) is 3.43. The number of aromatic nitrogens is 1. The van der Waals surface area contributed by atoms with Gasteiger partial charge in [0.25, 0.3) is 0 Å². The molecule has 2 rings (SSSR count). The van der Waals surface area contributed by atoms with Crippen molar-refractivity contribution in [1.29, 1.82) is 0 Å². The van der Waals surface area contributed by atoms with Gasteiger partial charge in [0, 0.05) is 0 Å². The Morgan fingerprint density at radius 2 is 2.17 bits per heavy atom. The number of aryl methyl sites for hydroxylation is 1. The van der Waals surface area contributed by atoms with E-state index in [0.29, 0.717) is 10.0 Å². The van der Waals surface area contributed by atoms with Gasteiger partial charge in [-0.25, -0.2) is 4.98 Å². The molecule has 0 aliphatic rings. The number of fused-ring (bicyclic) bond motifs is 1. The van der Waals surface area contributed by atoms with Crippen molar-refractivity contribution in [2.45, 2.75) is 6.92 Å². The summed E-state index contributed by atoms with van der Waals surface area (Å²) in [6.45, 7) is 2.00. The SMILES string of the molecule is Cc1cc(Cl)c(Cl)c2ncsc12. The maximum Gasteiger partial charge on any atom is 0.102 e. The molecule has 2 aromatic rings. The van der Waals surface area contributed by atoms with E-state index in [0.717, 1.165) is 15.8 Å². The van der Waals surface area contributed by atoms with Gasteiger partial charge in [0.1, 0.15) is 5.52 Å². The number of hydrogen-bond donors (Lipinski definition) is 0. The molecule has 0 fully saturated rings. The van der Waals surface area contributed by atoms with Crippen LogP contribution in [0.1, 0.15) is 5.56 Å². The van der Waals surface area contributed by atoms with E-state index < -0.39 is 0 Å². The summed E-state index contributed by atoms with van der Waals surface area (Å²) in [7, 11) is 0. The second-order valence-corrected chi connectivity index (χ2v) is 4.16. The predicted octanol–water partition coefficient (Wildman–Crippen LogP) is 3.91. The fraction of sp³-hybridized carbons (Fsp3) is 0.125. The number of nitrogens with zero attached hydrogens (tertiary/aromatic N) is 1. The molecule has 62 valence electrons. The molecule has 0 spiro atoms. The van der Waals surface area contributed by atoms with E-state index in [-0.39, 0.29) is 0 Å². The van der Waals surface area contributed by atoms with Gasteiger partial charge >= 0.3 is 0 Å². The van der Waals surface area contributed by atoms with Crippen LogP contribution < -0.4 is 0 Å². The van der Waals surface area contributed by atoms with Crippen LogP contribution in [-0.4, -0.2) is 4.98 Å². The molecule has 12 heavy (non-hydrogen) atoms. The van der Waals surface area contributed by atoms with E-state index in [9.17, 15) is 0 Å². The first-order chi connectivity index (χ1) is 5.70. The zero-order valence-corrected chi connectivity index (χ0v) is 8.59. The van der Waals surface area contributed by atoms with Gasteiger partial charge in [-0.15, -0.1) is 11.3 Å². The highest BCUT2D eigenvalue weighted by molar-refractivity contribution is 7.17. The van der Waals surface area contributed by atoms with Crippen molar-refractivity contribution in [2.75, 3.05) is 0 Å². The Morgan fingerprint density at radius 3 is 2.92 bits per heavy atom. The Balaban J connectivity index is 2.97. The van der Waals surface area contributed by atoms with Gasteiger partial charge in [0.2, 0.25) is 0 Å². The van der Waals surface area contributed by atoms with Crippen LogP contribution in [0.15, 0.2) is 11.6 Å². The predicted molar refractivity (Wildman–Crippen MR) is 54.4 cm³/mol. The maximum atomic E-state index is 5.95. The smallest absolute Gasteiger partial charge is 0.102 e. The van der Waals surface area contributed by atoms with Gasteiger partial charge in [-0.05, 0) is 18.6 Å². The Labute approximate surface area is 83.9 Å². The first kappa shape index (κ1) is 8.30. The van der Waals surface area contributed by atoms with Crippen molar-refractivity contribution >= 4 is 44.8 Å². The van der Waals surface area contributed by atoms with E-state index >= 15 is 0 Å². The van der Waals surface area contributed by atoms with E-state index in [1.807, 2.05) is 13.0 Å². The minimum atomic E-state index is 0.554. The zero-order chi connectivity index (χ0) is 8.72. The van der Waals surface area contributed by atoms with Crippen LogP contribution in [0.2, 0.25) is 10.0 Å². The molecule has 1 nitrogen and oxygen atoms in total. The van der Waals surface area contributed by atoms with Crippen LogP contribution >= 0.6 is 34.5 Å². The van der Waals surface area contributed by atoms with Gasteiger partial charge in [0.15, 0.2) is 0 Å². The quantitative estimate of drug-likeness (QED) is 0.653. The van der Waals surface area contributed by atoms with Gasteiger partial charge in [-0.2, -0.15) is 0 Å². The fourth-order valence-electron chi connectivity index (χ4n) is 1.11. The summed E-state index contributed by atoms with van der Waals surface area (Å²) in [4.78, 5) is 4.14. The summed E-state index contributed by atoms with van der Waals surface area (Å²) in [6, 6.07) is 1.87. The summed E-state index contributed by atoms with van der Waals surface area (Å²) < 4.78 is 1.12. The number of hydrogen-bond acceptors (Lipinski definition) is 2. The Morgan fingerprint density at radius 1 is 1.42 bits per heavy atom. The molecule has 0 radical (unpaired) electrons. The van der Waals surface area contributed by atoms with Crippen molar-refractivity contribution in [1.82, 2.24) is 4.98 Å². The largest absolute Gasteiger partial charge is 0.243 e. The van der Waals surface area contributed by atoms with Crippen LogP contribution in [0.5, 0.6) is 0 Å². The Hall–Kier alpha value is -0.310. The minimum Gasteiger partial charge on any atom is -0.243 e. The highest BCUT2D eigenvalue weighted by atomic mass is 35.5. The third kappa shape index (κ3) is 1.11. The van der Waals surface area contributed by atoms with Crippen LogP contribution in [0.3, 0.4) is 0 Å². The van der Waals surface area contributed by atoms with Crippen molar-refractivity contribution in [3.05, 3.63) is 27.2 Å². The van der Waals surface area contributed by atoms with E-state index in [2.05, 4.69) is 4.98 Å². The summed E-state index contributed by atoms with van der Waals surface area (Å²) in [5.74, 6) is 0. The highest BCUT2D eigenvalue weighted by Gasteiger charge is 2.08. The third-order valence-electron chi connectivity index (χ3n) is 1.69. The zero-order valence-electron chi connectivity index (χ0n) is 6.27. The topological polar surface area (TPSA) is 12.9 Å². The number of halogens is 2. The standard InChI is InChI=1S/C8H5Cl2NS/c1-4-2-5(9)6(10)7-8(4)12-3-11-7/h2-3H,1H3. The lowest BCUT2D eigenvalue weighted by molar-refractivity contribution is 1.47. The fourth-order valence-corrected chi connectivity index (χ4v) is 2.40. The molecule has 0 bridgehead atoms. The normalized spacial score (nSPS) is 10.9. The molecule has 1 heterocycles. The van der Waals surface area contributed by atoms with Crippen LogP contribution in [0.4, 0.5) is 0 Å². The van der Waals surface area contributed by atoms with Crippen LogP contribution in [0.25, 0.3) is 10.2 Å². The monoisotopic (exact) mass is 217 g/mol. The van der Waals surface area contributed by atoms with Gasteiger partial charge in [-0.1, -0.05) is 23.2 Å². The van der Waals surface area contributed by atoms with E-state index in [4.69, 9.17) is 23.2 Å². The van der Waals surface area contributed by atoms with E-state index in [1.165, 1.54) is 0 Å². The van der Waals surface area contributed by atoms with Crippen molar-refractivity contribution in [3.8, 4) is 0 Å². The molecule has 0 atom stereocenters. The van der Waals surface area contributed by atoms with Crippen molar-refractivity contribution in [2.24, 2.45) is 0 Å². The van der Waals surface area contributed by atoms with Crippen molar-refractivity contribution in [3.63, 3.8) is 0 Å². The molecule has 0 N–H and O–H groups in total. The highest BCUT2D eigenvalue weighted by Crippen LogP contribution is 2.34. The Bertz CT molecular complexity index is 436. The lowest BCUT2D eigenvalue weighted by Crippen LogP contribution is -1.77. The number of benzene rings is 1. The average molecular weight is 218 g/mol. The van der Waals surface area contributed by atoms with Gasteiger partial charge < -0.3 is 0 Å². The molecule has 0 saturated carbocycles. The summed E-state index contributed by atoms with van der Waals surface area (Å²) >= 11 is 13.4. The number of rotatable bonds is 0. The van der Waals surface area contributed by atoms with Crippen LogP contribution in [0, 0.1) is 6.92 Å². The number of thiazole rings is 1. The molecule has 0 aliphatic carbocycles. The molecular formula is C8H5Cl2NS. The van der Waals surface area contributed by atoms with Gasteiger partial charge in [0.05, 0.1) is 20.3 Å². The second kappa shape index (κ2) is 2.87. The molecule has 1 aromatic carbocycles. The molecule has 4 heteroatoms. The Kier molecular flexibility index (Phi) is 1.99. The molecule has 0 saturated heterocycles. The van der Waals surface area contributed by atoms with Crippen molar-refractivity contribution < 1.29 is 0 Å². The molecule has 0 amide bonds. The van der Waals surface area contributed by atoms with E-state index in [1.54, 1.807) is 16.8 Å². The molecule has 1 aromatic heterocycles. The van der Waals surface area contributed by atoms with Crippen LogP contribution in [-0.2, 0) is 0 Å². The lowest BCUT2D eigenvalue weighted by Gasteiger charge is -1.99. The molecular weight excluding hydrogens is 213 g/mol. The first-order valence-corrected chi connectivity index (χ1v) is 5.01. The molecule has 0 unspecified atom stereocenters. The lowest BCUT2D eigenvalue weighted by atomic mass is 10.2. The second-order valence-electron chi connectivity index (χ2n) is 2.52. The summed E-state index contributed by atoms with van der Waals surface area (Å²) in [5, 5.41) is 1.13. The first-order valence-electron chi connectivity index (χ1n) is 3.38. The molecule has 0 aliphatic heterocycles. The average Bonchev–Trinajstić information content (AvgIpc) is 2.48.